The van der Waals surface area contributed by atoms with Crippen LogP contribution < -0.4 is 5.32 Å². The summed E-state index contributed by atoms with van der Waals surface area (Å²) in [4.78, 5) is 13.8. The lowest BCUT2D eigenvalue weighted by Crippen LogP contribution is -2.16. The molecule has 0 fully saturated rings. The van der Waals surface area contributed by atoms with Crippen LogP contribution in [0.3, 0.4) is 0 Å². The highest BCUT2D eigenvalue weighted by molar-refractivity contribution is 9.10. The highest BCUT2D eigenvalue weighted by Gasteiger charge is 2.23. The molecule has 3 rings (SSSR count). The molecule has 2 aromatic rings. The van der Waals surface area contributed by atoms with Gasteiger partial charge >= 0.3 is 0 Å². The van der Waals surface area contributed by atoms with Crippen molar-refractivity contribution in [1.82, 2.24) is 0 Å². The van der Waals surface area contributed by atoms with E-state index in [9.17, 15) is 4.79 Å². The Morgan fingerprint density at radius 3 is 2.85 bits per heavy atom. The van der Waals surface area contributed by atoms with Gasteiger partial charge in [0, 0.05) is 20.4 Å². The van der Waals surface area contributed by atoms with E-state index in [2.05, 4.69) is 28.2 Å². The Hall–Kier alpha value is -1.13. The Morgan fingerprint density at radius 2 is 2.10 bits per heavy atom. The number of benzene rings is 1. The van der Waals surface area contributed by atoms with Gasteiger partial charge in [-0.3, -0.25) is 4.79 Å². The molecule has 0 saturated carbocycles. The average molecular weight is 350 g/mol. The second kappa shape index (κ2) is 5.70. The van der Waals surface area contributed by atoms with Gasteiger partial charge in [0.25, 0.3) is 5.91 Å². The standard InChI is InChI=1S/C16H16BrNOS/c1-10-2-7-13-14(9-20-15(13)8-10)16(19)18-12-5-3-11(17)4-6-12/h3-6,9-10H,2,7-8H2,1H3,(H,18,19). The Bertz CT molecular complexity index is 632. The number of nitrogens with one attached hydrogen (secondary N) is 1. The van der Waals surface area contributed by atoms with E-state index in [1.165, 1.54) is 16.9 Å². The number of carbonyl (C=O) groups is 1. The minimum atomic E-state index is 0.0133. The summed E-state index contributed by atoms with van der Waals surface area (Å²) in [5, 5.41) is 4.99. The van der Waals surface area contributed by atoms with E-state index in [0.717, 1.165) is 34.5 Å². The van der Waals surface area contributed by atoms with Gasteiger partial charge in [-0.15, -0.1) is 11.3 Å². The minimum absolute atomic E-state index is 0.0133. The second-order valence-corrected chi connectivity index (χ2v) is 7.24. The molecule has 1 aromatic carbocycles. The first kappa shape index (κ1) is 13.8. The molecule has 0 spiro atoms. The minimum Gasteiger partial charge on any atom is -0.322 e. The van der Waals surface area contributed by atoms with Crippen molar-refractivity contribution in [2.45, 2.75) is 26.2 Å². The molecule has 1 heterocycles. The zero-order valence-corrected chi connectivity index (χ0v) is 13.7. The predicted octanol–water partition coefficient (Wildman–Crippen LogP) is 4.89. The van der Waals surface area contributed by atoms with Crippen molar-refractivity contribution in [1.29, 1.82) is 0 Å². The van der Waals surface area contributed by atoms with Crippen LogP contribution >= 0.6 is 27.3 Å². The van der Waals surface area contributed by atoms with Crippen molar-refractivity contribution in [3.63, 3.8) is 0 Å². The number of carbonyl (C=O) groups excluding carboxylic acids is 1. The van der Waals surface area contributed by atoms with E-state index in [1.54, 1.807) is 11.3 Å². The van der Waals surface area contributed by atoms with Crippen LogP contribution in [0.2, 0.25) is 0 Å². The van der Waals surface area contributed by atoms with Crippen molar-refractivity contribution in [2.24, 2.45) is 5.92 Å². The van der Waals surface area contributed by atoms with Gasteiger partial charge in [0.15, 0.2) is 0 Å². The van der Waals surface area contributed by atoms with Gasteiger partial charge < -0.3 is 5.32 Å². The molecule has 1 unspecified atom stereocenters. The molecule has 1 aromatic heterocycles. The molecule has 4 heteroatoms. The van der Waals surface area contributed by atoms with Crippen LogP contribution in [0.25, 0.3) is 0 Å². The van der Waals surface area contributed by atoms with Crippen LogP contribution in [0.4, 0.5) is 5.69 Å². The molecule has 0 saturated heterocycles. The summed E-state index contributed by atoms with van der Waals surface area (Å²) in [6, 6.07) is 7.67. The average Bonchev–Trinajstić information content (AvgIpc) is 2.84. The third-order valence-electron chi connectivity index (χ3n) is 3.75. The maximum atomic E-state index is 12.4. The smallest absolute Gasteiger partial charge is 0.256 e. The van der Waals surface area contributed by atoms with E-state index < -0.39 is 0 Å². The Kier molecular flexibility index (Phi) is 3.94. The fourth-order valence-electron chi connectivity index (χ4n) is 2.60. The van der Waals surface area contributed by atoms with Crippen molar-refractivity contribution >= 4 is 38.9 Å². The molecule has 1 amide bonds. The Labute approximate surface area is 131 Å². The van der Waals surface area contributed by atoms with Crippen LogP contribution in [0, 0.1) is 5.92 Å². The molecule has 0 radical (unpaired) electrons. The number of amides is 1. The summed E-state index contributed by atoms with van der Waals surface area (Å²) < 4.78 is 1.01. The molecule has 1 N–H and O–H groups in total. The summed E-state index contributed by atoms with van der Waals surface area (Å²) in [6.07, 6.45) is 3.33. The fraction of sp³-hybridized carbons (Fsp3) is 0.312. The van der Waals surface area contributed by atoms with Gasteiger partial charge in [0.2, 0.25) is 0 Å². The van der Waals surface area contributed by atoms with E-state index in [0.29, 0.717) is 0 Å². The number of thiophene rings is 1. The lowest BCUT2D eigenvalue weighted by molar-refractivity contribution is 0.102. The Balaban J connectivity index is 1.79. The second-order valence-electron chi connectivity index (χ2n) is 5.36. The first-order chi connectivity index (χ1) is 9.63. The summed E-state index contributed by atoms with van der Waals surface area (Å²) in [5.74, 6) is 0.753. The van der Waals surface area contributed by atoms with Crippen molar-refractivity contribution in [2.75, 3.05) is 5.32 Å². The molecule has 104 valence electrons. The maximum absolute atomic E-state index is 12.4. The third kappa shape index (κ3) is 2.81. The summed E-state index contributed by atoms with van der Waals surface area (Å²) >= 11 is 5.12. The van der Waals surface area contributed by atoms with E-state index >= 15 is 0 Å². The zero-order valence-electron chi connectivity index (χ0n) is 11.3. The molecule has 1 atom stereocenters. The van der Waals surface area contributed by atoms with Crippen LogP contribution in [0.15, 0.2) is 34.1 Å². The summed E-state index contributed by atoms with van der Waals surface area (Å²) in [7, 11) is 0. The molecular formula is C16H16BrNOS. The van der Waals surface area contributed by atoms with Crippen LogP contribution in [0.5, 0.6) is 0 Å². The third-order valence-corrected chi connectivity index (χ3v) is 5.33. The molecular weight excluding hydrogens is 334 g/mol. The Morgan fingerprint density at radius 1 is 1.35 bits per heavy atom. The number of halogens is 1. The van der Waals surface area contributed by atoms with Gasteiger partial charge in [-0.1, -0.05) is 22.9 Å². The van der Waals surface area contributed by atoms with E-state index in [1.807, 2.05) is 29.6 Å². The lowest BCUT2D eigenvalue weighted by Gasteiger charge is -2.18. The van der Waals surface area contributed by atoms with E-state index in [4.69, 9.17) is 0 Å². The van der Waals surface area contributed by atoms with Crippen LogP contribution in [0.1, 0.15) is 34.1 Å². The quantitative estimate of drug-likeness (QED) is 0.821. The number of fused-ring (bicyclic) bond motifs is 1. The predicted molar refractivity (Wildman–Crippen MR) is 87.6 cm³/mol. The summed E-state index contributed by atoms with van der Waals surface area (Å²) in [6.45, 7) is 2.28. The van der Waals surface area contributed by atoms with Crippen LogP contribution in [-0.2, 0) is 12.8 Å². The molecule has 0 aliphatic heterocycles. The number of rotatable bonds is 2. The van der Waals surface area contributed by atoms with Gasteiger partial charge in [-0.05, 0) is 55.0 Å². The van der Waals surface area contributed by atoms with Crippen molar-refractivity contribution in [3.05, 3.63) is 50.1 Å². The molecule has 1 aliphatic carbocycles. The topological polar surface area (TPSA) is 29.1 Å². The van der Waals surface area contributed by atoms with Crippen LogP contribution in [-0.4, -0.2) is 5.91 Å². The number of anilines is 1. The van der Waals surface area contributed by atoms with Gasteiger partial charge in [0.1, 0.15) is 0 Å². The van der Waals surface area contributed by atoms with Crippen molar-refractivity contribution in [3.8, 4) is 0 Å². The first-order valence-corrected chi connectivity index (χ1v) is 8.47. The monoisotopic (exact) mass is 349 g/mol. The molecule has 20 heavy (non-hydrogen) atoms. The highest BCUT2D eigenvalue weighted by atomic mass is 79.9. The zero-order chi connectivity index (χ0) is 14.1. The SMILES string of the molecule is CC1CCc2c(C(=O)Nc3ccc(Br)cc3)csc2C1. The maximum Gasteiger partial charge on any atom is 0.256 e. The summed E-state index contributed by atoms with van der Waals surface area (Å²) in [5.41, 5.74) is 2.96. The lowest BCUT2D eigenvalue weighted by atomic mass is 9.88. The highest BCUT2D eigenvalue weighted by Crippen LogP contribution is 2.33. The van der Waals surface area contributed by atoms with E-state index in [-0.39, 0.29) is 5.91 Å². The van der Waals surface area contributed by atoms with Gasteiger partial charge in [0.05, 0.1) is 5.56 Å². The molecule has 1 aliphatic rings. The normalized spacial score (nSPS) is 17.6. The first-order valence-electron chi connectivity index (χ1n) is 6.79. The molecule has 0 bridgehead atoms. The fourth-order valence-corrected chi connectivity index (χ4v) is 4.11. The molecule has 2 nitrogen and oxygen atoms in total. The van der Waals surface area contributed by atoms with Gasteiger partial charge in [-0.25, -0.2) is 0 Å². The largest absolute Gasteiger partial charge is 0.322 e. The number of hydrogen-bond acceptors (Lipinski definition) is 2. The van der Waals surface area contributed by atoms with Gasteiger partial charge in [-0.2, -0.15) is 0 Å². The number of hydrogen-bond donors (Lipinski definition) is 1. The van der Waals surface area contributed by atoms with Crippen molar-refractivity contribution < 1.29 is 4.79 Å².